The third-order valence-corrected chi connectivity index (χ3v) is 5.31. The molecule has 1 amide bonds. The molecule has 2 unspecified atom stereocenters. The minimum absolute atomic E-state index is 0.0740. The minimum atomic E-state index is -0.0740. The molecule has 4 nitrogen and oxygen atoms in total. The van der Waals surface area contributed by atoms with Crippen molar-refractivity contribution in [2.45, 2.75) is 57.4 Å². The summed E-state index contributed by atoms with van der Waals surface area (Å²) in [7, 11) is 0. The van der Waals surface area contributed by atoms with E-state index in [1.54, 1.807) is 0 Å². The molecule has 1 aliphatic carbocycles. The van der Waals surface area contributed by atoms with Gasteiger partial charge in [0.1, 0.15) is 0 Å². The maximum atomic E-state index is 11.4. The van der Waals surface area contributed by atoms with E-state index in [9.17, 15) is 4.79 Å². The molecule has 0 saturated heterocycles. The molecular weight excluding hydrogens is 274 g/mol. The van der Waals surface area contributed by atoms with Crippen molar-refractivity contribution >= 4 is 5.91 Å². The van der Waals surface area contributed by atoms with Gasteiger partial charge in [0.15, 0.2) is 0 Å². The van der Waals surface area contributed by atoms with Gasteiger partial charge in [-0.3, -0.25) is 9.48 Å². The van der Waals surface area contributed by atoms with Gasteiger partial charge in [-0.25, -0.2) is 0 Å². The zero-order valence-electron chi connectivity index (χ0n) is 13.3. The maximum absolute atomic E-state index is 11.4. The van der Waals surface area contributed by atoms with E-state index in [4.69, 9.17) is 0 Å². The van der Waals surface area contributed by atoms with E-state index in [1.807, 2.05) is 6.20 Å². The van der Waals surface area contributed by atoms with Crippen molar-refractivity contribution < 1.29 is 4.79 Å². The Balaban J connectivity index is 1.63. The van der Waals surface area contributed by atoms with Gasteiger partial charge in [0, 0.05) is 30.9 Å². The van der Waals surface area contributed by atoms with Crippen LogP contribution in [0.3, 0.4) is 0 Å². The molecule has 1 aromatic heterocycles. The highest BCUT2D eigenvalue weighted by Gasteiger charge is 2.30. The van der Waals surface area contributed by atoms with Gasteiger partial charge < -0.3 is 5.32 Å². The van der Waals surface area contributed by atoms with Crippen molar-refractivity contribution in [2.75, 3.05) is 6.54 Å². The number of fused-ring (bicyclic) bond motifs is 1. The molecule has 1 saturated carbocycles. The summed E-state index contributed by atoms with van der Waals surface area (Å²) in [4.78, 5) is 11.4. The summed E-state index contributed by atoms with van der Waals surface area (Å²) in [5, 5.41) is 7.43. The minimum Gasteiger partial charge on any atom is -0.352 e. The van der Waals surface area contributed by atoms with Crippen LogP contribution in [-0.2, 0) is 11.3 Å². The van der Waals surface area contributed by atoms with Crippen LogP contribution < -0.4 is 5.32 Å². The van der Waals surface area contributed by atoms with Gasteiger partial charge in [-0.1, -0.05) is 38.7 Å². The molecule has 2 aliphatic rings. The normalized spacial score (nSPS) is 25.5. The first kappa shape index (κ1) is 15.3. The van der Waals surface area contributed by atoms with Gasteiger partial charge in [-0.05, 0) is 36.8 Å². The summed E-state index contributed by atoms with van der Waals surface area (Å²) in [5.41, 5.74) is 1.40. The van der Waals surface area contributed by atoms with Crippen molar-refractivity contribution in [1.29, 1.82) is 0 Å². The highest BCUT2D eigenvalue weighted by Crippen LogP contribution is 2.38. The second-order valence-corrected chi connectivity index (χ2v) is 6.93. The highest BCUT2D eigenvalue weighted by molar-refractivity contribution is 5.86. The predicted octanol–water partition coefficient (Wildman–Crippen LogP) is 3.26. The Morgan fingerprint density at radius 3 is 2.95 bits per heavy atom. The summed E-state index contributed by atoms with van der Waals surface area (Å²) in [6, 6.07) is 2.19. The molecule has 1 aromatic rings. The number of hydrogen-bond acceptors (Lipinski definition) is 2. The first-order chi connectivity index (χ1) is 10.8. The summed E-state index contributed by atoms with van der Waals surface area (Å²) < 4.78 is 2.15. The number of rotatable bonds is 5. The van der Waals surface area contributed by atoms with E-state index < -0.39 is 0 Å². The van der Waals surface area contributed by atoms with Gasteiger partial charge in [0.05, 0.1) is 0 Å². The lowest BCUT2D eigenvalue weighted by Crippen LogP contribution is -2.35. The maximum Gasteiger partial charge on any atom is 0.243 e. The average Bonchev–Trinajstić information content (AvgIpc) is 3.02. The van der Waals surface area contributed by atoms with Crippen LogP contribution in [0.15, 0.2) is 24.9 Å². The fraction of sp³-hybridized carbons (Fsp3) is 0.667. The molecule has 0 aromatic carbocycles. The average molecular weight is 301 g/mol. The molecule has 22 heavy (non-hydrogen) atoms. The molecule has 1 fully saturated rings. The Morgan fingerprint density at radius 2 is 2.18 bits per heavy atom. The lowest BCUT2D eigenvalue weighted by atomic mass is 9.77. The van der Waals surface area contributed by atoms with Gasteiger partial charge in [-0.2, -0.15) is 5.10 Å². The Labute approximate surface area is 133 Å². The van der Waals surface area contributed by atoms with Gasteiger partial charge in [0.2, 0.25) is 5.91 Å². The topological polar surface area (TPSA) is 46.9 Å². The van der Waals surface area contributed by atoms with E-state index in [-0.39, 0.29) is 5.91 Å². The molecule has 0 radical (unpaired) electrons. The molecule has 1 N–H and O–H groups in total. The van der Waals surface area contributed by atoms with Crippen molar-refractivity contribution in [3.63, 3.8) is 0 Å². The summed E-state index contributed by atoms with van der Waals surface area (Å²) in [6.07, 6.45) is 12.7. The quantitative estimate of drug-likeness (QED) is 0.849. The fourth-order valence-corrected chi connectivity index (χ4v) is 4.19. The molecule has 120 valence electrons. The Hall–Kier alpha value is -1.58. The van der Waals surface area contributed by atoms with Gasteiger partial charge in [-0.15, -0.1) is 0 Å². The smallest absolute Gasteiger partial charge is 0.243 e. The second-order valence-electron chi connectivity index (χ2n) is 6.93. The molecule has 4 heteroatoms. The lowest BCUT2D eigenvalue weighted by molar-refractivity contribution is -0.116. The van der Waals surface area contributed by atoms with E-state index in [1.165, 1.54) is 56.7 Å². The van der Waals surface area contributed by atoms with Crippen LogP contribution in [0.1, 0.15) is 56.6 Å². The number of aromatic nitrogens is 2. The van der Waals surface area contributed by atoms with E-state index in [0.29, 0.717) is 11.8 Å². The number of nitrogens with one attached hydrogen (secondary N) is 1. The van der Waals surface area contributed by atoms with Gasteiger partial charge >= 0.3 is 0 Å². The fourth-order valence-electron chi connectivity index (χ4n) is 4.19. The molecule has 3 rings (SSSR count). The monoisotopic (exact) mass is 301 g/mol. The van der Waals surface area contributed by atoms with Crippen molar-refractivity contribution in [3.8, 4) is 0 Å². The summed E-state index contributed by atoms with van der Waals surface area (Å²) >= 11 is 0. The van der Waals surface area contributed by atoms with Crippen LogP contribution in [0.4, 0.5) is 0 Å². The number of carbonyl (C=O) groups is 1. The number of amides is 1. The molecule has 2 heterocycles. The van der Waals surface area contributed by atoms with Gasteiger partial charge in [0.25, 0.3) is 0 Å². The van der Waals surface area contributed by atoms with E-state index in [0.717, 1.165) is 19.0 Å². The first-order valence-corrected chi connectivity index (χ1v) is 8.68. The Morgan fingerprint density at radius 1 is 1.36 bits per heavy atom. The zero-order chi connectivity index (χ0) is 15.4. The van der Waals surface area contributed by atoms with Crippen molar-refractivity contribution in [2.24, 2.45) is 11.8 Å². The SMILES string of the molecule is C=CC(=O)NCC1CC(CC2CCCCC2)c2ccnn2C1. The third-order valence-electron chi connectivity index (χ3n) is 5.31. The first-order valence-electron chi connectivity index (χ1n) is 8.68. The Bertz CT molecular complexity index is 516. The molecule has 2 atom stereocenters. The molecule has 1 aliphatic heterocycles. The third kappa shape index (κ3) is 3.60. The Kier molecular flexibility index (Phi) is 4.96. The van der Waals surface area contributed by atoms with Crippen LogP contribution in [0.2, 0.25) is 0 Å². The summed E-state index contributed by atoms with van der Waals surface area (Å²) in [5.74, 6) is 1.88. The van der Waals surface area contributed by atoms with Crippen LogP contribution in [0.5, 0.6) is 0 Å². The standard InChI is InChI=1S/C18H27N3O/c1-2-18(22)19-12-15-11-16(10-14-6-4-3-5-7-14)17-8-9-20-21(17)13-15/h2,8-9,14-16H,1,3-7,10-13H2,(H,19,22). The number of nitrogens with zero attached hydrogens (tertiary/aromatic N) is 2. The van der Waals surface area contributed by atoms with Crippen LogP contribution >= 0.6 is 0 Å². The van der Waals surface area contributed by atoms with Crippen molar-refractivity contribution in [3.05, 3.63) is 30.6 Å². The van der Waals surface area contributed by atoms with Crippen LogP contribution in [-0.4, -0.2) is 22.2 Å². The largest absolute Gasteiger partial charge is 0.352 e. The summed E-state index contributed by atoms with van der Waals surface area (Å²) in [6.45, 7) is 5.16. The highest BCUT2D eigenvalue weighted by atomic mass is 16.1. The van der Waals surface area contributed by atoms with E-state index in [2.05, 4.69) is 27.7 Å². The van der Waals surface area contributed by atoms with Crippen LogP contribution in [0.25, 0.3) is 0 Å². The molecule has 0 bridgehead atoms. The number of hydrogen-bond donors (Lipinski definition) is 1. The van der Waals surface area contributed by atoms with Crippen molar-refractivity contribution in [1.82, 2.24) is 15.1 Å². The predicted molar refractivity (Wildman–Crippen MR) is 87.5 cm³/mol. The second kappa shape index (κ2) is 7.12. The molecule has 0 spiro atoms. The number of carbonyl (C=O) groups excluding carboxylic acids is 1. The van der Waals surface area contributed by atoms with Crippen LogP contribution in [0, 0.1) is 11.8 Å². The molecular formula is C18H27N3O. The van der Waals surface area contributed by atoms with E-state index >= 15 is 0 Å². The lowest BCUT2D eigenvalue weighted by Gasteiger charge is -2.33. The zero-order valence-corrected chi connectivity index (χ0v) is 13.3.